The lowest BCUT2D eigenvalue weighted by molar-refractivity contribution is 1.11. The average molecular weight is 288 g/mol. The highest BCUT2D eigenvalue weighted by Crippen LogP contribution is 2.26. The molecule has 0 fully saturated rings. The maximum absolute atomic E-state index is 4.25. The summed E-state index contributed by atoms with van der Waals surface area (Å²) in [5, 5.41) is 8.42. The van der Waals surface area contributed by atoms with Crippen molar-refractivity contribution in [2.45, 2.75) is 6.92 Å². The highest BCUT2D eigenvalue weighted by atomic mass is 79.9. The molecule has 0 amide bonds. The minimum absolute atomic E-state index is 0.858. The minimum atomic E-state index is 0.858. The summed E-state index contributed by atoms with van der Waals surface area (Å²) < 4.78 is 3.03. The lowest BCUT2D eigenvalue weighted by Crippen LogP contribution is -1.90. The van der Waals surface area contributed by atoms with Crippen LogP contribution in [0.5, 0.6) is 0 Å². The van der Waals surface area contributed by atoms with Crippen molar-refractivity contribution in [3.63, 3.8) is 0 Å². The average Bonchev–Trinajstić information content (AvgIpc) is 2.72. The van der Waals surface area contributed by atoms with E-state index in [1.54, 1.807) is 0 Å². The van der Waals surface area contributed by atoms with Gasteiger partial charge in [0, 0.05) is 16.2 Å². The second-order valence-corrected chi connectivity index (χ2v) is 4.79. The first kappa shape index (κ1) is 10.5. The summed E-state index contributed by atoms with van der Waals surface area (Å²) in [6.45, 7) is 2.06. The number of aryl methyl sites for hydroxylation is 1. The van der Waals surface area contributed by atoms with Gasteiger partial charge in [0.2, 0.25) is 0 Å². The van der Waals surface area contributed by atoms with E-state index in [-0.39, 0.29) is 0 Å². The molecule has 17 heavy (non-hydrogen) atoms. The van der Waals surface area contributed by atoms with Crippen LogP contribution in [0, 0.1) is 6.92 Å². The molecule has 3 rings (SSSR count). The third-order valence-corrected chi connectivity index (χ3v) is 3.36. The van der Waals surface area contributed by atoms with E-state index in [0.717, 1.165) is 21.5 Å². The van der Waals surface area contributed by atoms with Gasteiger partial charge in [-0.2, -0.15) is 0 Å². The van der Waals surface area contributed by atoms with E-state index in [1.807, 2.05) is 47.0 Å². The van der Waals surface area contributed by atoms with Gasteiger partial charge in [0.05, 0.1) is 0 Å². The van der Waals surface area contributed by atoms with Crippen molar-refractivity contribution < 1.29 is 0 Å². The van der Waals surface area contributed by atoms with Crippen LogP contribution in [0.2, 0.25) is 0 Å². The monoisotopic (exact) mass is 287 g/mol. The smallest absolute Gasteiger partial charge is 0.169 e. The van der Waals surface area contributed by atoms with Crippen molar-refractivity contribution in [3.05, 3.63) is 52.6 Å². The Kier molecular flexibility index (Phi) is 2.44. The Morgan fingerprint density at radius 3 is 2.71 bits per heavy atom. The molecular weight excluding hydrogens is 278 g/mol. The quantitative estimate of drug-likeness (QED) is 0.686. The maximum atomic E-state index is 4.25. The van der Waals surface area contributed by atoms with Crippen molar-refractivity contribution >= 4 is 21.6 Å². The van der Waals surface area contributed by atoms with E-state index in [9.17, 15) is 0 Å². The second-order valence-electron chi connectivity index (χ2n) is 3.94. The minimum Gasteiger partial charge on any atom is -0.282 e. The van der Waals surface area contributed by atoms with Gasteiger partial charge < -0.3 is 0 Å². The fourth-order valence-corrected chi connectivity index (χ4v) is 2.29. The topological polar surface area (TPSA) is 30.2 Å². The predicted molar refractivity (Wildman–Crippen MR) is 70.9 cm³/mol. The summed E-state index contributed by atoms with van der Waals surface area (Å²) >= 11 is 3.54. The third kappa shape index (κ3) is 1.74. The molecule has 0 unspecified atom stereocenters. The van der Waals surface area contributed by atoms with E-state index in [4.69, 9.17) is 0 Å². The maximum Gasteiger partial charge on any atom is 0.169 e. The van der Waals surface area contributed by atoms with Gasteiger partial charge in [-0.3, -0.25) is 4.40 Å². The Bertz CT molecular complexity index is 688. The first-order valence-corrected chi connectivity index (χ1v) is 6.11. The van der Waals surface area contributed by atoms with Crippen LogP contribution in [-0.4, -0.2) is 14.6 Å². The summed E-state index contributed by atoms with van der Waals surface area (Å²) in [6, 6.07) is 12.0. The normalized spacial score (nSPS) is 10.9. The highest BCUT2D eigenvalue weighted by Gasteiger charge is 2.10. The first-order chi connectivity index (χ1) is 8.25. The molecule has 0 aliphatic rings. The van der Waals surface area contributed by atoms with Gasteiger partial charge in [0.15, 0.2) is 11.5 Å². The van der Waals surface area contributed by atoms with Gasteiger partial charge in [0.1, 0.15) is 0 Å². The molecular formula is C13H10BrN3. The molecule has 0 N–H and O–H groups in total. The van der Waals surface area contributed by atoms with E-state index in [1.165, 1.54) is 5.56 Å². The van der Waals surface area contributed by atoms with Gasteiger partial charge in [0.25, 0.3) is 0 Å². The van der Waals surface area contributed by atoms with E-state index in [2.05, 4.69) is 33.1 Å². The van der Waals surface area contributed by atoms with Crippen LogP contribution in [0.15, 0.2) is 47.1 Å². The summed E-state index contributed by atoms with van der Waals surface area (Å²) in [5.74, 6) is 0.858. The molecule has 0 saturated heterocycles. The fourth-order valence-electron chi connectivity index (χ4n) is 1.82. The summed E-state index contributed by atoms with van der Waals surface area (Å²) in [6.07, 6.45) is 2.05. The molecule has 0 spiro atoms. The zero-order valence-corrected chi connectivity index (χ0v) is 10.8. The van der Waals surface area contributed by atoms with Gasteiger partial charge in [-0.25, -0.2) is 0 Å². The Labute approximate surface area is 107 Å². The second kappa shape index (κ2) is 3.96. The number of aromatic nitrogens is 3. The number of halogens is 1. The van der Waals surface area contributed by atoms with Crippen molar-refractivity contribution in [2.24, 2.45) is 0 Å². The number of fused-ring (bicyclic) bond motifs is 1. The lowest BCUT2D eigenvalue weighted by Gasteiger charge is -2.03. The van der Waals surface area contributed by atoms with E-state index in [0.29, 0.717) is 0 Å². The van der Waals surface area contributed by atoms with Crippen LogP contribution in [-0.2, 0) is 0 Å². The molecule has 3 aromatic rings. The van der Waals surface area contributed by atoms with Crippen LogP contribution in [0.25, 0.3) is 17.0 Å². The number of hydrogen-bond donors (Lipinski definition) is 0. The molecule has 0 bridgehead atoms. The standard InChI is InChI=1S/C13H10BrN3/c1-9-6-7-12-15-16-13(17(12)8-9)10-4-2-3-5-11(10)14/h2-8H,1H3. The molecule has 0 aliphatic heterocycles. The largest absolute Gasteiger partial charge is 0.282 e. The third-order valence-electron chi connectivity index (χ3n) is 2.66. The molecule has 0 aliphatic carbocycles. The zero-order chi connectivity index (χ0) is 11.8. The number of hydrogen-bond acceptors (Lipinski definition) is 2. The van der Waals surface area contributed by atoms with Gasteiger partial charge >= 0.3 is 0 Å². The van der Waals surface area contributed by atoms with Gasteiger partial charge in [-0.15, -0.1) is 10.2 Å². The Hall–Kier alpha value is -1.68. The van der Waals surface area contributed by atoms with Crippen LogP contribution in [0.1, 0.15) is 5.56 Å². The Morgan fingerprint density at radius 2 is 1.88 bits per heavy atom. The van der Waals surface area contributed by atoms with Crippen LogP contribution in [0.4, 0.5) is 0 Å². The molecule has 3 nitrogen and oxygen atoms in total. The molecule has 4 heteroatoms. The molecule has 0 radical (unpaired) electrons. The number of benzene rings is 1. The van der Waals surface area contributed by atoms with E-state index < -0.39 is 0 Å². The van der Waals surface area contributed by atoms with Crippen LogP contribution in [0.3, 0.4) is 0 Å². The SMILES string of the molecule is Cc1ccc2nnc(-c3ccccc3Br)n2c1. The van der Waals surface area contributed by atoms with Crippen molar-refractivity contribution in [3.8, 4) is 11.4 Å². The lowest BCUT2D eigenvalue weighted by atomic mass is 10.2. The molecule has 1 aromatic carbocycles. The van der Waals surface area contributed by atoms with Gasteiger partial charge in [-0.05, 0) is 24.6 Å². The van der Waals surface area contributed by atoms with Crippen LogP contribution < -0.4 is 0 Å². The predicted octanol–water partition coefficient (Wildman–Crippen LogP) is 3.47. The number of nitrogens with zero attached hydrogens (tertiary/aromatic N) is 3. The summed E-state index contributed by atoms with van der Waals surface area (Å²) in [7, 11) is 0. The fraction of sp³-hybridized carbons (Fsp3) is 0.0769. The highest BCUT2D eigenvalue weighted by molar-refractivity contribution is 9.10. The number of pyridine rings is 1. The van der Waals surface area contributed by atoms with Crippen molar-refractivity contribution in [1.29, 1.82) is 0 Å². The van der Waals surface area contributed by atoms with Crippen molar-refractivity contribution in [2.75, 3.05) is 0 Å². The molecule has 0 atom stereocenters. The first-order valence-electron chi connectivity index (χ1n) is 5.32. The van der Waals surface area contributed by atoms with Crippen LogP contribution >= 0.6 is 15.9 Å². The van der Waals surface area contributed by atoms with E-state index >= 15 is 0 Å². The summed E-state index contributed by atoms with van der Waals surface area (Å²) in [4.78, 5) is 0. The van der Waals surface area contributed by atoms with Crippen molar-refractivity contribution in [1.82, 2.24) is 14.6 Å². The summed E-state index contributed by atoms with van der Waals surface area (Å²) in [5.41, 5.74) is 3.09. The Morgan fingerprint density at radius 1 is 1.06 bits per heavy atom. The molecule has 2 aromatic heterocycles. The van der Waals surface area contributed by atoms with Gasteiger partial charge in [-0.1, -0.05) is 40.2 Å². The molecule has 0 saturated carbocycles. The zero-order valence-electron chi connectivity index (χ0n) is 9.26. The molecule has 84 valence electrons. The Balaban J connectivity index is 2.31. The molecule has 2 heterocycles. The number of rotatable bonds is 1.